The normalized spacial score (nSPS) is 14.1. The molecule has 1 aromatic heterocycles. The van der Waals surface area contributed by atoms with E-state index in [9.17, 15) is 18.8 Å². The van der Waals surface area contributed by atoms with Crippen LogP contribution in [0.2, 0.25) is 0 Å². The van der Waals surface area contributed by atoms with E-state index in [1.54, 1.807) is 54.5 Å². The lowest BCUT2D eigenvalue weighted by Crippen LogP contribution is -2.51. The predicted octanol–water partition coefficient (Wildman–Crippen LogP) is 1.69. The van der Waals surface area contributed by atoms with Gasteiger partial charge in [0, 0.05) is 46.4 Å². The van der Waals surface area contributed by atoms with Crippen molar-refractivity contribution in [3.63, 3.8) is 0 Å². The molecule has 8 nitrogen and oxygen atoms in total. The Hall–Kier alpha value is -3.46. The lowest BCUT2D eigenvalue weighted by atomic mass is 10.2. The molecule has 174 valence electrons. The van der Waals surface area contributed by atoms with Crippen LogP contribution in [0.1, 0.15) is 6.42 Å². The number of hydrogen-bond donors (Lipinski definition) is 0. The van der Waals surface area contributed by atoms with Gasteiger partial charge in [-0.15, -0.1) is 0 Å². The average Bonchev–Trinajstić information content (AvgIpc) is 2.84. The van der Waals surface area contributed by atoms with Gasteiger partial charge in [0.05, 0.1) is 16.6 Å². The van der Waals surface area contributed by atoms with E-state index >= 15 is 0 Å². The molecule has 33 heavy (non-hydrogen) atoms. The van der Waals surface area contributed by atoms with Crippen molar-refractivity contribution in [1.82, 2.24) is 14.0 Å². The van der Waals surface area contributed by atoms with Crippen LogP contribution < -0.4 is 16.1 Å². The molecule has 2 aromatic carbocycles. The van der Waals surface area contributed by atoms with Crippen molar-refractivity contribution in [3.8, 4) is 0 Å². The summed E-state index contributed by atoms with van der Waals surface area (Å²) < 4.78 is 21.7. The second-order valence-corrected chi connectivity index (χ2v) is 8.01. The maximum Gasteiger partial charge on any atom is 0.331 e. The molecule has 1 aliphatic heterocycles. The minimum atomic E-state index is -0.506. The lowest BCUT2D eigenvalue weighted by molar-refractivity contribution is -0.132. The Bertz CT molecular complexity index is 1260. The Labute approximate surface area is 190 Å². The van der Waals surface area contributed by atoms with E-state index in [0.717, 1.165) is 0 Å². The van der Waals surface area contributed by atoms with Gasteiger partial charge < -0.3 is 14.5 Å². The van der Waals surface area contributed by atoms with Crippen LogP contribution in [0.5, 0.6) is 0 Å². The zero-order chi connectivity index (χ0) is 23.4. The number of hydrogen-bond acceptors (Lipinski definition) is 5. The number of amides is 1. The molecular formula is C24H27FN4O4. The fourth-order valence-electron chi connectivity index (χ4n) is 4.23. The SMILES string of the molecule is COCCCn1c(=O)c2ccccc2n(CC(=O)N2CCN(c3ccccc3F)CC2)c1=O. The number of para-hydroxylation sites is 2. The topological polar surface area (TPSA) is 76.8 Å². The standard InChI is InChI=1S/C24H27FN4O4/c1-33-16-6-11-28-23(31)18-7-2-4-9-20(18)29(24(28)32)17-22(30)27-14-12-26(13-15-27)21-10-5-3-8-19(21)25/h2-5,7-10H,6,11-17H2,1H3. The third-order valence-electron chi connectivity index (χ3n) is 5.98. The van der Waals surface area contributed by atoms with Gasteiger partial charge in [-0.1, -0.05) is 24.3 Å². The van der Waals surface area contributed by atoms with E-state index in [1.807, 2.05) is 4.90 Å². The lowest BCUT2D eigenvalue weighted by Gasteiger charge is -2.36. The number of carbonyl (C=O) groups excluding carboxylic acids is 1. The Balaban J connectivity index is 1.55. The molecule has 0 bridgehead atoms. The highest BCUT2D eigenvalue weighted by Gasteiger charge is 2.24. The van der Waals surface area contributed by atoms with E-state index in [0.29, 0.717) is 55.8 Å². The van der Waals surface area contributed by atoms with E-state index < -0.39 is 5.69 Å². The van der Waals surface area contributed by atoms with Gasteiger partial charge in [-0.25, -0.2) is 9.18 Å². The van der Waals surface area contributed by atoms with Crippen LogP contribution in [0.25, 0.3) is 10.9 Å². The number of nitrogens with zero attached hydrogens (tertiary/aromatic N) is 4. The maximum atomic E-state index is 14.1. The Morgan fingerprint density at radius 3 is 2.39 bits per heavy atom. The first kappa shape index (κ1) is 22.7. The number of ether oxygens (including phenoxy) is 1. The van der Waals surface area contributed by atoms with Crippen LogP contribution in [0.15, 0.2) is 58.1 Å². The van der Waals surface area contributed by atoms with Crippen LogP contribution in [-0.2, 0) is 22.6 Å². The smallest absolute Gasteiger partial charge is 0.331 e. The highest BCUT2D eigenvalue weighted by molar-refractivity contribution is 5.81. The molecule has 1 amide bonds. The third-order valence-corrected chi connectivity index (χ3v) is 5.98. The van der Waals surface area contributed by atoms with Gasteiger partial charge in [0.15, 0.2) is 0 Å². The number of carbonyl (C=O) groups is 1. The van der Waals surface area contributed by atoms with Crippen LogP contribution in [0.4, 0.5) is 10.1 Å². The van der Waals surface area contributed by atoms with Crippen LogP contribution >= 0.6 is 0 Å². The first-order valence-electron chi connectivity index (χ1n) is 11.0. The van der Waals surface area contributed by atoms with Crippen LogP contribution in [0, 0.1) is 5.82 Å². The molecule has 0 N–H and O–H groups in total. The second kappa shape index (κ2) is 9.99. The quantitative estimate of drug-likeness (QED) is 0.508. The number of methoxy groups -OCH3 is 1. The summed E-state index contributed by atoms with van der Waals surface area (Å²) in [5, 5.41) is 0.395. The fraction of sp³-hybridized carbons (Fsp3) is 0.375. The number of anilines is 1. The van der Waals surface area contributed by atoms with Crippen molar-refractivity contribution in [2.24, 2.45) is 0 Å². The van der Waals surface area contributed by atoms with Crippen molar-refractivity contribution >= 4 is 22.5 Å². The molecule has 0 aliphatic carbocycles. The van der Waals surface area contributed by atoms with Crippen molar-refractivity contribution < 1.29 is 13.9 Å². The fourth-order valence-corrected chi connectivity index (χ4v) is 4.23. The molecule has 0 spiro atoms. The molecule has 1 saturated heterocycles. The second-order valence-electron chi connectivity index (χ2n) is 8.01. The Morgan fingerprint density at radius 1 is 0.970 bits per heavy atom. The summed E-state index contributed by atoms with van der Waals surface area (Å²) >= 11 is 0. The van der Waals surface area contributed by atoms with Gasteiger partial charge in [-0.2, -0.15) is 0 Å². The first-order valence-corrected chi connectivity index (χ1v) is 11.0. The number of piperazine rings is 1. The minimum Gasteiger partial charge on any atom is -0.385 e. The monoisotopic (exact) mass is 454 g/mol. The molecule has 3 aromatic rings. The summed E-state index contributed by atoms with van der Waals surface area (Å²) in [7, 11) is 1.56. The van der Waals surface area contributed by atoms with Gasteiger partial charge in [0.2, 0.25) is 5.91 Å². The third kappa shape index (κ3) is 4.68. The van der Waals surface area contributed by atoms with E-state index in [4.69, 9.17) is 4.74 Å². The average molecular weight is 455 g/mol. The zero-order valence-corrected chi connectivity index (χ0v) is 18.6. The maximum absolute atomic E-state index is 14.1. The van der Waals surface area contributed by atoms with Crippen LogP contribution in [-0.4, -0.2) is 59.8 Å². The number of fused-ring (bicyclic) bond motifs is 1. The van der Waals surface area contributed by atoms with Crippen molar-refractivity contribution in [3.05, 3.63) is 75.2 Å². The Kier molecular flexibility index (Phi) is 6.88. The molecule has 0 atom stereocenters. The zero-order valence-electron chi connectivity index (χ0n) is 18.6. The van der Waals surface area contributed by atoms with E-state index in [2.05, 4.69) is 0 Å². The summed E-state index contributed by atoms with van der Waals surface area (Å²) in [6, 6.07) is 13.4. The summed E-state index contributed by atoms with van der Waals surface area (Å²) in [5.41, 5.74) is 0.0887. The van der Waals surface area contributed by atoms with Gasteiger partial charge in [0.25, 0.3) is 5.56 Å². The number of rotatable bonds is 7. The van der Waals surface area contributed by atoms with Crippen molar-refractivity contribution in [2.75, 3.05) is 44.8 Å². The highest BCUT2D eigenvalue weighted by Crippen LogP contribution is 2.20. The van der Waals surface area contributed by atoms with Gasteiger partial charge >= 0.3 is 5.69 Å². The van der Waals surface area contributed by atoms with Crippen molar-refractivity contribution in [2.45, 2.75) is 19.5 Å². The van der Waals surface area contributed by atoms with Gasteiger partial charge in [-0.05, 0) is 30.7 Å². The molecular weight excluding hydrogens is 427 g/mol. The largest absolute Gasteiger partial charge is 0.385 e. The summed E-state index contributed by atoms with van der Waals surface area (Å²) in [4.78, 5) is 42.7. The minimum absolute atomic E-state index is 0.163. The molecule has 0 radical (unpaired) electrons. The van der Waals surface area contributed by atoms with E-state index in [1.165, 1.54) is 15.2 Å². The molecule has 0 unspecified atom stereocenters. The van der Waals surface area contributed by atoms with Gasteiger partial charge in [-0.3, -0.25) is 18.7 Å². The van der Waals surface area contributed by atoms with Crippen LogP contribution in [0.3, 0.4) is 0 Å². The molecule has 4 rings (SSSR count). The highest BCUT2D eigenvalue weighted by atomic mass is 19.1. The van der Waals surface area contributed by atoms with Crippen molar-refractivity contribution in [1.29, 1.82) is 0 Å². The Morgan fingerprint density at radius 2 is 1.67 bits per heavy atom. The molecule has 2 heterocycles. The summed E-state index contributed by atoms with van der Waals surface area (Å²) in [6.07, 6.45) is 0.510. The number of aromatic nitrogens is 2. The predicted molar refractivity (Wildman–Crippen MR) is 124 cm³/mol. The molecule has 1 aliphatic rings. The molecule has 9 heteroatoms. The molecule has 0 saturated carbocycles. The molecule has 1 fully saturated rings. The first-order chi connectivity index (χ1) is 16.0. The summed E-state index contributed by atoms with van der Waals surface area (Å²) in [5.74, 6) is -0.497. The van der Waals surface area contributed by atoms with E-state index in [-0.39, 0.29) is 30.4 Å². The summed E-state index contributed by atoms with van der Waals surface area (Å²) in [6.45, 7) is 2.32. The number of halogens is 1. The number of benzene rings is 2. The van der Waals surface area contributed by atoms with Gasteiger partial charge in [0.1, 0.15) is 12.4 Å².